The van der Waals surface area contributed by atoms with Gasteiger partial charge in [0.15, 0.2) is 5.75 Å². The van der Waals surface area contributed by atoms with Crippen LogP contribution in [0.25, 0.3) is 0 Å². The lowest BCUT2D eigenvalue weighted by atomic mass is 10.2. The molecule has 6 heteroatoms. The lowest BCUT2D eigenvalue weighted by molar-refractivity contribution is 0.0691. The van der Waals surface area contributed by atoms with Crippen molar-refractivity contribution >= 4 is 29.2 Å². The first-order chi connectivity index (χ1) is 9.49. The second-order valence-corrected chi connectivity index (χ2v) is 4.79. The Hall–Kier alpha value is -1.78. The predicted molar refractivity (Wildman–Crippen MR) is 74.2 cm³/mol. The van der Waals surface area contributed by atoms with Gasteiger partial charge in [-0.15, -0.1) is 0 Å². The molecule has 0 saturated carbocycles. The molecule has 2 rings (SSSR count). The summed E-state index contributed by atoms with van der Waals surface area (Å²) in [7, 11) is 0. The summed E-state index contributed by atoms with van der Waals surface area (Å²) in [5.41, 5.74) is 0.133. The molecule has 0 amide bonds. The Labute approximate surface area is 124 Å². The molecule has 3 nitrogen and oxygen atoms in total. The van der Waals surface area contributed by atoms with E-state index in [1.807, 2.05) is 0 Å². The minimum atomic E-state index is -1.22. The van der Waals surface area contributed by atoms with E-state index in [-0.39, 0.29) is 28.0 Å². The molecule has 0 aromatic heterocycles. The summed E-state index contributed by atoms with van der Waals surface area (Å²) < 4.78 is 18.8. The average Bonchev–Trinajstić information content (AvgIpc) is 2.38. The molecule has 0 heterocycles. The van der Waals surface area contributed by atoms with E-state index < -0.39 is 11.8 Å². The number of benzene rings is 2. The predicted octanol–water partition coefficient (Wildman–Crippen LogP) is 4.41. The monoisotopic (exact) mass is 314 g/mol. The van der Waals surface area contributed by atoms with Crippen LogP contribution in [0.5, 0.6) is 5.75 Å². The Kier molecular flexibility index (Phi) is 4.47. The summed E-state index contributed by atoms with van der Waals surface area (Å²) in [6, 6.07) is 8.64. The van der Waals surface area contributed by atoms with Crippen molar-refractivity contribution in [1.82, 2.24) is 0 Å². The highest BCUT2D eigenvalue weighted by Gasteiger charge is 2.17. The van der Waals surface area contributed by atoms with E-state index in [4.69, 9.17) is 33.0 Å². The lowest BCUT2D eigenvalue weighted by Crippen LogP contribution is -2.05. The molecule has 0 aliphatic carbocycles. The van der Waals surface area contributed by atoms with Crippen molar-refractivity contribution in [2.24, 2.45) is 0 Å². The highest BCUT2D eigenvalue weighted by atomic mass is 35.5. The average molecular weight is 315 g/mol. The van der Waals surface area contributed by atoms with Gasteiger partial charge in [0.2, 0.25) is 0 Å². The third kappa shape index (κ3) is 3.21. The Morgan fingerprint density at radius 1 is 1.25 bits per heavy atom. The Bertz CT molecular complexity index is 659. The van der Waals surface area contributed by atoms with Crippen LogP contribution < -0.4 is 4.74 Å². The van der Waals surface area contributed by atoms with E-state index in [1.165, 1.54) is 18.2 Å². The molecule has 0 radical (unpaired) electrons. The quantitative estimate of drug-likeness (QED) is 0.909. The van der Waals surface area contributed by atoms with Crippen LogP contribution in [0.2, 0.25) is 10.0 Å². The fraction of sp³-hybridized carbons (Fsp3) is 0.0714. The number of carboxylic acids is 1. The van der Waals surface area contributed by atoms with Gasteiger partial charge in [0.1, 0.15) is 18.0 Å². The fourth-order valence-corrected chi connectivity index (χ4v) is 2.18. The number of hydrogen-bond acceptors (Lipinski definition) is 2. The van der Waals surface area contributed by atoms with Crippen molar-refractivity contribution in [1.29, 1.82) is 0 Å². The summed E-state index contributed by atoms with van der Waals surface area (Å²) >= 11 is 11.7. The highest BCUT2D eigenvalue weighted by Crippen LogP contribution is 2.33. The topological polar surface area (TPSA) is 46.5 Å². The molecular formula is C14H9Cl2FO3. The molecule has 0 saturated heterocycles. The second kappa shape index (κ2) is 6.11. The lowest BCUT2D eigenvalue weighted by Gasteiger charge is -2.12. The molecule has 2 aromatic rings. The number of carbonyl (C=O) groups is 1. The van der Waals surface area contributed by atoms with Crippen molar-refractivity contribution in [3.63, 3.8) is 0 Å². The Morgan fingerprint density at radius 2 is 1.95 bits per heavy atom. The van der Waals surface area contributed by atoms with E-state index in [0.717, 1.165) is 0 Å². The number of carboxylic acid groups (broad SMARTS) is 1. The SMILES string of the molecule is O=C(O)c1cc(Cl)cc(Cl)c1OCc1ccccc1F. The van der Waals surface area contributed by atoms with Crippen LogP contribution in [-0.2, 0) is 6.61 Å². The largest absolute Gasteiger partial charge is 0.486 e. The molecule has 0 aliphatic heterocycles. The zero-order valence-electron chi connectivity index (χ0n) is 10.1. The zero-order chi connectivity index (χ0) is 14.7. The molecule has 0 spiro atoms. The molecule has 0 atom stereocenters. The smallest absolute Gasteiger partial charge is 0.339 e. The molecule has 0 bridgehead atoms. The van der Waals surface area contributed by atoms with Gasteiger partial charge >= 0.3 is 5.97 Å². The number of rotatable bonds is 4. The Balaban J connectivity index is 2.30. The maximum Gasteiger partial charge on any atom is 0.339 e. The van der Waals surface area contributed by atoms with Crippen LogP contribution in [0.1, 0.15) is 15.9 Å². The molecule has 20 heavy (non-hydrogen) atoms. The first-order valence-electron chi connectivity index (χ1n) is 5.57. The molecule has 0 fully saturated rings. The zero-order valence-corrected chi connectivity index (χ0v) is 11.6. The van der Waals surface area contributed by atoms with Gasteiger partial charge in [-0.1, -0.05) is 41.4 Å². The summed E-state index contributed by atoms with van der Waals surface area (Å²) in [5, 5.41) is 9.34. The molecule has 1 N–H and O–H groups in total. The van der Waals surface area contributed by atoms with Crippen LogP contribution in [0.3, 0.4) is 0 Å². The first-order valence-corrected chi connectivity index (χ1v) is 6.33. The van der Waals surface area contributed by atoms with Gasteiger partial charge in [-0.3, -0.25) is 0 Å². The summed E-state index contributed by atoms with van der Waals surface area (Å²) in [6.07, 6.45) is 0. The van der Waals surface area contributed by atoms with Crippen molar-refractivity contribution in [2.45, 2.75) is 6.61 Å². The van der Waals surface area contributed by atoms with Gasteiger partial charge in [0, 0.05) is 10.6 Å². The van der Waals surface area contributed by atoms with Crippen LogP contribution in [0.15, 0.2) is 36.4 Å². The summed E-state index contributed by atoms with van der Waals surface area (Å²) in [4.78, 5) is 11.1. The van der Waals surface area contributed by atoms with Crippen molar-refractivity contribution in [2.75, 3.05) is 0 Å². The summed E-state index contributed by atoms with van der Waals surface area (Å²) in [6.45, 7) is -0.131. The number of aromatic carboxylic acids is 1. The van der Waals surface area contributed by atoms with Gasteiger partial charge in [0.05, 0.1) is 5.02 Å². The maximum atomic E-state index is 13.5. The van der Waals surface area contributed by atoms with Gasteiger partial charge in [-0.2, -0.15) is 0 Å². The molecule has 2 aromatic carbocycles. The number of ether oxygens (including phenoxy) is 1. The molecule has 104 valence electrons. The highest BCUT2D eigenvalue weighted by molar-refractivity contribution is 6.36. The van der Waals surface area contributed by atoms with Gasteiger partial charge < -0.3 is 9.84 Å². The van der Waals surface area contributed by atoms with E-state index in [1.54, 1.807) is 18.2 Å². The van der Waals surface area contributed by atoms with Crippen LogP contribution in [0, 0.1) is 5.82 Å². The molecule has 0 aliphatic rings. The van der Waals surface area contributed by atoms with Gasteiger partial charge in [-0.05, 0) is 18.2 Å². The van der Waals surface area contributed by atoms with Crippen molar-refractivity contribution < 1.29 is 19.0 Å². The number of halogens is 3. The fourth-order valence-electron chi connectivity index (χ4n) is 1.63. The van der Waals surface area contributed by atoms with Crippen LogP contribution >= 0.6 is 23.2 Å². The van der Waals surface area contributed by atoms with Crippen molar-refractivity contribution in [3.8, 4) is 5.75 Å². The van der Waals surface area contributed by atoms with Crippen LogP contribution in [-0.4, -0.2) is 11.1 Å². The molecule has 0 unspecified atom stereocenters. The maximum absolute atomic E-state index is 13.5. The van der Waals surface area contributed by atoms with Crippen molar-refractivity contribution in [3.05, 3.63) is 63.4 Å². The second-order valence-electron chi connectivity index (χ2n) is 3.95. The van der Waals surface area contributed by atoms with E-state index in [0.29, 0.717) is 5.56 Å². The van der Waals surface area contributed by atoms with E-state index in [9.17, 15) is 9.18 Å². The van der Waals surface area contributed by atoms with Crippen LogP contribution in [0.4, 0.5) is 4.39 Å². The van der Waals surface area contributed by atoms with Gasteiger partial charge in [0.25, 0.3) is 0 Å². The normalized spacial score (nSPS) is 10.3. The minimum absolute atomic E-state index is 0.0354. The number of hydrogen-bond donors (Lipinski definition) is 1. The van der Waals surface area contributed by atoms with E-state index >= 15 is 0 Å². The third-order valence-corrected chi connectivity index (χ3v) is 3.07. The Morgan fingerprint density at radius 3 is 2.60 bits per heavy atom. The standard InChI is InChI=1S/C14H9Cl2FO3/c15-9-5-10(14(18)19)13(11(16)6-9)20-7-8-3-1-2-4-12(8)17/h1-6H,7H2,(H,18,19). The minimum Gasteiger partial charge on any atom is -0.486 e. The third-order valence-electron chi connectivity index (χ3n) is 2.57. The first kappa shape index (κ1) is 14.6. The molecular weight excluding hydrogens is 306 g/mol. The van der Waals surface area contributed by atoms with E-state index in [2.05, 4.69) is 0 Å². The summed E-state index contributed by atoms with van der Waals surface area (Å²) in [5.74, 6) is -1.70. The van der Waals surface area contributed by atoms with Gasteiger partial charge in [-0.25, -0.2) is 9.18 Å².